The largest absolute Gasteiger partial charge is 0.411 e. The smallest absolute Gasteiger partial charge is 0.362 e. The molecule has 0 radical (unpaired) electrons. The van der Waals surface area contributed by atoms with E-state index < -0.39 is 53.2 Å². The van der Waals surface area contributed by atoms with Gasteiger partial charge in [0.15, 0.2) is 0 Å². The molecule has 1 aromatic rings. The van der Waals surface area contributed by atoms with Gasteiger partial charge in [-0.15, -0.1) is 0 Å². The van der Waals surface area contributed by atoms with Gasteiger partial charge in [0.25, 0.3) is 5.91 Å². The van der Waals surface area contributed by atoms with Crippen molar-refractivity contribution >= 4 is 17.3 Å². The molecule has 0 saturated heterocycles. The van der Waals surface area contributed by atoms with Crippen molar-refractivity contribution in [2.24, 2.45) is 0 Å². The zero-order valence-electron chi connectivity index (χ0n) is 10.0. The number of ether oxygens (including phenoxy) is 1. The molecular weight excluding hydrogens is 307 g/mol. The van der Waals surface area contributed by atoms with E-state index in [2.05, 4.69) is 4.74 Å². The van der Waals surface area contributed by atoms with Crippen LogP contribution in [0.4, 0.5) is 33.3 Å². The summed E-state index contributed by atoms with van der Waals surface area (Å²) in [7, 11) is 0. The number of nitro groups is 1. The van der Waals surface area contributed by atoms with Gasteiger partial charge in [0.1, 0.15) is 24.7 Å². The Kier molecular flexibility index (Phi) is 5.13. The number of benzene rings is 1. The Bertz CT molecular complexity index is 561. The number of halogens is 5. The van der Waals surface area contributed by atoms with Gasteiger partial charge in [0.2, 0.25) is 5.82 Å². The molecule has 0 aromatic heterocycles. The highest BCUT2D eigenvalue weighted by Crippen LogP contribution is 2.27. The van der Waals surface area contributed by atoms with Crippen molar-refractivity contribution in [3.63, 3.8) is 0 Å². The fraction of sp³-hybridized carbons (Fsp3) is 0.300. The van der Waals surface area contributed by atoms with Gasteiger partial charge in [0, 0.05) is 6.07 Å². The maximum absolute atomic E-state index is 13.5. The number of carbonyl (C=O) groups is 1. The van der Waals surface area contributed by atoms with Crippen LogP contribution in [0.15, 0.2) is 12.1 Å². The summed E-state index contributed by atoms with van der Waals surface area (Å²) in [6, 6.07) is 1.08. The molecule has 0 atom stereocenters. The fourth-order valence-electron chi connectivity index (χ4n) is 1.23. The molecule has 1 rings (SSSR count). The van der Waals surface area contributed by atoms with E-state index in [1.807, 2.05) is 0 Å². The Balaban J connectivity index is 2.76. The molecule has 0 saturated carbocycles. The zero-order chi connectivity index (χ0) is 16.2. The number of nitrogens with zero attached hydrogens (tertiary/aromatic N) is 1. The first-order chi connectivity index (χ1) is 9.61. The third-order valence-electron chi connectivity index (χ3n) is 2.03. The molecule has 1 amide bonds. The van der Waals surface area contributed by atoms with Gasteiger partial charge >= 0.3 is 11.9 Å². The minimum absolute atomic E-state index is 0.535. The second-order valence-electron chi connectivity index (χ2n) is 3.67. The Morgan fingerprint density at radius 3 is 2.48 bits per heavy atom. The van der Waals surface area contributed by atoms with Gasteiger partial charge in [-0.2, -0.15) is 17.6 Å². The van der Waals surface area contributed by atoms with Crippen molar-refractivity contribution in [1.82, 2.24) is 0 Å². The summed E-state index contributed by atoms with van der Waals surface area (Å²) >= 11 is 0. The van der Waals surface area contributed by atoms with E-state index in [4.69, 9.17) is 0 Å². The number of nitrogens with one attached hydrogen (secondary N) is 1. The summed E-state index contributed by atoms with van der Waals surface area (Å²) in [5, 5.41) is 12.0. The van der Waals surface area contributed by atoms with E-state index in [9.17, 15) is 36.9 Å². The van der Waals surface area contributed by atoms with Gasteiger partial charge in [0.05, 0.1) is 4.92 Å². The normalized spacial score (nSPS) is 11.3. The molecule has 0 aliphatic carbocycles. The first-order valence-electron chi connectivity index (χ1n) is 5.18. The van der Waals surface area contributed by atoms with Crippen LogP contribution in [-0.2, 0) is 9.53 Å². The SMILES string of the molecule is O=C(COCC(F)(F)F)Nc1c(F)ccc([N+](=O)[O-])c1F. The molecule has 116 valence electrons. The standard InChI is InChI=1S/C10H7F5N2O4/c11-5-1-2-6(17(19)20)8(12)9(5)16-7(18)3-21-4-10(13,14)15/h1-2H,3-4H2,(H,16,18). The predicted molar refractivity (Wildman–Crippen MR) is 58.5 cm³/mol. The van der Waals surface area contributed by atoms with Crippen molar-refractivity contribution in [2.45, 2.75) is 6.18 Å². The lowest BCUT2D eigenvalue weighted by Gasteiger charge is -2.09. The molecule has 0 heterocycles. The molecular formula is C10H7F5N2O4. The van der Waals surface area contributed by atoms with Crippen LogP contribution in [0.3, 0.4) is 0 Å². The van der Waals surface area contributed by atoms with Crippen LogP contribution in [0.5, 0.6) is 0 Å². The third kappa shape index (κ3) is 4.95. The van der Waals surface area contributed by atoms with Gasteiger partial charge in [-0.05, 0) is 6.07 Å². The first kappa shape index (κ1) is 16.8. The van der Waals surface area contributed by atoms with E-state index >= 15 is 0 Å². The van der Waals surface area contributed by atoms with Crippen molar-refractivity contribution in [2.75, 3.05) is 18.5 Å². The van der Waals surface area contributed by atoms with Crippen LogP contribution in [0.1, 0.15) is 0 Å². The van der Waals surface area contributed by atoms with E-state index in [1.165, 1.54) is 0 Å². The topological polar surface area (TPSA) is 81.5 Å². The lowest BCUT2D eigenvalue weighted by Crippen LogP contribution is -2.24. The van der Waals surface area contributed by atoms with E-state index in [1.54, 1.807) is 5.32 Å². The Morgan fingerprint density at radius 2 is 1.95 bits per heavy atom. The zero-order valence-corrected chi connectivity index (χ0v) is 10.0. The average molecular weight is 314 g/mol. The molecule has 0 fully saturated rings. The van der Waals surface area contributed by atoms with E-state index in [0.29, 0.717) is 12.1 Å². The molecule has 1 N–H and O–H groups in total. The quantitative estimate of drug-likeness (QED) is 0.514. The average Bonchev–Trinajstić information content (AvgIpc) is 2.32. The number of hydrogen-bond acceptors (Lipinski definition) is 4. The van der Waals surface area contributed by atoms with Crippen LogP contribution in [0.25, 0.3) is 0 Å². The van der Waals surface area contributed by atoms with Crippen molar-refractivity contribution in [3.05, 3.63) is 33.9 Å². The monoisotopic (exact) mass is 314 g/mol. The number of hydrogen-bond donors (Lipinski definition) is 1. The first-order valence-corrected chi connectivity index (χ1v) is 5.18. The summed E-state index contributed by atoms with van der Waals surface area (Å²) in [4.78, 5) is 20.5. The molecule has 0 spiro atoms. The Hall–Kier alpha value is -2.30. The minimum atomic E-state index is -4.66. The predicted octanol–water partition coefficient (Wildman–Crippen LogP) is 2.39. The van der Waals surface area contributed by atoms with Gasteiger partial charge in [-0.3, -0.25) is 14.9 Å². The summed E-state index contributed by atoms with van der Waals surface area (Å²) in [5.74, 6) is -4.26. The van der Waals surface area contributed by atoms with Crippen molar-refractivity contribution < 1.29 is 36.4 Å². The summed E-state index contributed by atoms with van der Waals surface area (Å²) in [5.41, 5.74) is -2.23. The van der Waals surface area contributed by atoms with Crippen LogP contribution in [0.2, 0.25) is 0 Å². The number of amides is 1. The maximum Gasteiger partial charge on any atom is 0.411 e. The van der Waals surface area contributed by atoms with E-state index in [-0.39, 0.29) is 0 Å². The number of alkyl halides is 3. The van der Waals surface area contributed by atoms with Crippen molar-refractivity contribution in [3.8, 4) is 0 Å². The second kappa shape index (κ2) is 6.43. The molecule has 0 unspecified atom stereocenters. The molecule has 21 heavy (non-hydrogen) atoms. The van der Waals surface area contributed by atoms with Crippen LogP contribution < -0.4 is 5.32 Å². The number of carbonyl (C=O) groups excluding carboxylic acids is 1. The highest BCUT2D eigenvalue weighted by molar-refractivity contribution is 5.92. The number of rotatable bonds is 5. The van der Waals surface area contributed by atoms with Crippen molar-refractivity contribution in [1.29, 1.82) is 0 Å². The lowest BCUT2D eigenvalue weighted by molar-refractivity contribution is -0.387. The molecule has 11 heteroatoms. The lowest BCUT2D eigenvalue weighted by atomic mass is 10.2. The molecule has 0 bridgehead atoms. The summed E-state index contributed by atoms with van der Waals surface area (Å²) < 4.78 is 66.0. The second-order valence-corrected chi connectivity index (χ2v) is 3.67. The highest BCUT2D eigenvalue weighted by Gasteiger charge is 2.28. The van der Waals surface area contributed by atoms with Crippen LogP contribution >= 0.6 is 0 Å². The Morgan fingerprint density at radius 1 is 1.33 bits per heavy atom. The molecule has 0 aliphatic rings. The minimum Gasteiger partial charge on any atom is -0.362 e. The summed E-state index contributed by atoms with van der Waals surface area (Å²) in [6.45, 7) is -2.85. The highest BCUT2D eigenvalue weighted by atomic mass is 19.4. The van der Waals surface area contributed by atoms with Crippen LogP contribution in [-0.4, -0.2) is 30.2 Å². The summed E-state index contributed by atoms with van der Waals surface area (Å²) in [6.07, 6.45) is -4.66. The van der Waals surface area contributed by atoms with Crippen LogP contribution in [0, 0.1) is 21.7 Å². The number of anilines is 1. The van der Waals surface area contributed by atoms with Gasteiger partial charge in [-0.1, -0.05) is 0 Å². The molecule has 1 aromatic carbocycles. The van der Waals surface area contributed by atoms with Gasteiger partial charge in [-0.25, -0.2) is 4.39 Å². The number of nitro benzene ring substituents is 1. The van der Waals surface area contributed by atoms with Gasteiger partial charge < -0.3 is 10.1 Å². The Labute approximate surface area is 113 Å². The molecule has 0 aliphatic heterocycles. The fourth-order valence-corrected chi connectivity index (χ4v) is 1.23. The maximum atomic E-state index is 13.5. The van der Waals surface area contributed by atoms with E-state index in [0.717, 1.165) is 0 Å². The third-order valence-corrected chi connectivity index (χ3v) is 2.03. The molecule has 6 nitrogen and oxygen atoms in total.